The van der Waals surface area contributed by atoms with Crippen LogP contribution in [0.25, 0.3) is 0 Å². The first-order valence-electron chi connectivity index (χ1n) is 6.15. The van der Waals surface area contributed by atoms with Crippen LogP contribution in [0, 0.1) is 0 Å². The Balaban J connectivity index is 2.30. The van der Waals surface area contributed by atoms with E-state index in [0.717, 1.165) is 5.69 Å². The van der Waals surface area contributed by atoms with Crippen LogP contribution in [0.4, 0.5) is 5.69 Å². The molecule has 2 unspecified atom stereocenters. The largest absolute Gasteiger partial charge is 0.355 e. The van der Waals surface area contributed by atoms with Crippen LogP contribution in [0.3, 0.4) is 0 Å². The highest BCUT2D eigenvalue weighted by Gasteiger charge is 2.33. The van der Waals surface area contributed by atoms with Gasteiger partial charge in [-0.1, -0.05) is 11.6 Å². The highest BCUT2D eigenvalue weighted by atomic mass is 35.5. The molecule has 0 spiro atoms. The number of carbonyl (C=O) groups is 1. The third-order valence-corrected chi connectivity index (χ3v) is 3.50. The SMILES string of the molecule is CC1CNC(=O)C(CCN)N1c1ccc(Cl)cc1. The summed E-state index contributed by atoms with van der Waals surface area (Å²) in [5.74, 6) is 0.0495. The molecule has 1 amide bonds. The lowest BCUT2D eigenvalue weighted by Crippen LogP contribution is -2.60. The zero-order valence-corrected chi connectivity index (χ0v) is 11.2. The fourth-order valence-corrected chi connectivity index (χ4v) is 2.50. The van der Waals surface area contributed by atoms with Gasteiger partial charge in [0.25, 0.3) is 0 Å². The zero-order valence-electron chi connectivity index (χ0n) is 10.4. The summed E-state index contributed by atoms with van der Waals surface area (Å²) in [7, 11) is 0. The van der Waals surface area contributed by atoms with Gasteiger partial charge in [-0.3, -0.25) is 4.79 Å². The van der Waals surface area contributed by atoms with Gasteiger partial charge < -0.3 is 16.0 Å². The van der Waals surface area contributed by atoms with Crippen molar-refractivity contribution in [2.45, 2.75) is 25.4 Å². The van der Waals surface area contributed by atoms with Gasteiger partial charge in [0.15, 0.2) is 0 Å². The van der Waals surface area contributed by atoms with Gasteiger partial charge in [0.1, 0.15) is 6.04 Å². The van der Waals surface area contributed by atoms with Gasteiger partial charge in [-0.15, -0.1) is 0 Å². The number of benzene rings is 1. The number of nitrogens with two attached hydrogens (primary N) is 1. The summed E-state index contributed by atoms with van der Waals surface area (Å²) in [6.45, 7) is 3.25. The van der Waals surface area contributed by atoms with Crippen molar-refractivity contribution >= 4 is 23.2 Å². The van der Waals surface area contributed by atoms with E-state index in [2.05, 4.69) is 17.1 Å². The first-order valence-corrected chi connectivity index (χ1v) is 6.53. The summed E-state index contributed by atoms with van der Waals surface area (Å²) >= 11 is 5.90. The molecule has 1 aliphatic rings. The second kappa shape index (κ2) is 5.59. The standard InChI is InChI=1S/C13H18ClN3O/c1-9-8-16-13(18)12(6-7-15)17(9)11-4-2-10(14)3-5-11/h2-5,9,12H,6-8,15H2,1H3,(H,16,18). The van der Waals surface area contributed by atoms with E-state index in [0.29, 0.717) is 24.5 Å². The maximum Gasteiger partial charge on any atom is 0.242 e. The lowest BCUT2D eigenvalue weighted by atomic mass is 10.0. The molecule has 1 saturated heterocycles. The van der Waals surface area contributed by atoms with Crippen molar-refractivity contribution in [3.63, 3.8) is 0 Å². The molecular formula is C13H18ClN3O. The normalized spacial score (nSPS) is 23.9. The number of halogens is 1. The number of hydrogen-bond donors (Lipinski definition) is 2. The molecule has 2 atom stereocenters. The fraction of sp³-hybridized carbons (Fsp3) is 0.462. The summed E-state index contributed by atoms with van der Waals surface area (Å²) in [6, 6.07) is 7.63. The topological polar surface area (TPSA) is 58.4 Å². The Bertz CT molecular complexity index is 421. The van der Waals surface area contributed by atoms with Gasteiger partial charge in [0, 0.05) is 23.3 Å². The zero-order chi connectivity index (χ0) is 13.1. The van der Waals surface area contributed by atoms with Gasteiger partial charge in [0.2, 0.25) is 5.91 Å². The molecule has 2 rings (SSSR count). The summed E-state index contributed by atoms with van der Waals surface area (Å²) in [4.78, 5) is 14.1. The molecule has 98 valence electrons. The quantitative estimate of drug-likeness (QED) is 0.870. The van der Waals surface area contributed by atoms with Crippen LogP contribution in [0.1, 0.15) is 13.3 Å². The summed E-state index contributed by atoms with van der Waals surface area (Å²) in [5.41, 5.74) is 6.62. The first kappa shape index (κ1) is 13.2. The Morgan fingerprint density at radius 1 is 1.44 bits per heavy atom. The van der Waals surface area contributed by atoms with Crippen LogP contribution in [0.5, 0.6) is 0 Å². The molecule has 18 heavy (non-hydrogen) atoms. The van der Waals surface area contributed by atoms with E-state index in [-0.39, 0.29) is 18.0 Å². The van der Waals surface area contributed by atoms with E-state index in [9.17, 15) is 4.79 Å². The minimum atomic E-state index is -0.195. The molecule has 0 radical (unpaired) electrons. The number of carbonyl (C=O) groups excluding carboxylic acids is 1. The van der Waals surface area contributed by atoms with Crippen LogP contribution in [0.15, 0.2) is 24.3 Å². The summed E-state index contributed by atoms with van der Waals surface area (Å²) in [5, 5.41) is 3.61. The average Bonchev–Trinajstić information content (AvgIpc) is 2.36. The molecule has 1 heterocycles. The molecule has 0 aromatic heterocycles. The Labute approximate surface area is 112 Å². The Kier molecular flexibility index (Phi) is 4.09. The number of anilines is 1. The minimum absolute atomic E-state index is 0.0495. The number of hydrogen-bond acceptors (Lipinski definition) is 3. The highest BCUT2D eigenvalue weighted by molar-refractivity contribution is 6.30. The van der Waals surface area contributed by atoms with Crippen molar-refractivity contribution in [3.05, 3.63) is 29.3 Å². The van der Waals surface area contributed by atoms with Crippen molar-refractivity contribution < 1.29 is 4.79 Å². The van der Waals surface area contributed by atoms with Crippen molar-refractivity contribution in [2.75, 3.05) is 18.0 Å². The average molecular weight is 268 g/mol. The Morgan fingerprint density at radius 2 is 2.11 bits per heavy atom. The van der Waals surface area contributed by atoms with Crippen LogP contribution in [0.2, 0.25) is 5.02 Å². The van der Waals surface area contributed by atoms with Crippen LogP contribution in [-0.2, 0) is 4.79 Å². The van der Waals surface area contributed by atoms with Crippen molar-refractivity contribution in [3.8, 4) is 0 Å². The van der Waals surface area contributed by atoms with E-state index >= 15 is 0 Å². The van der Waals surface area contributed by atoms with E-state index in [1.54, 1.807) is 0 Å². The molecule has 3 N–H and O–H groups in total. The Hall–Kier alpha value is -1.26. The van der Waals surface area contributed by atoms with Gasteiger partial charge in [-0.05, 0) is 44.2 Å². The number of rotatable bonds is 3. The smallest absolute Gasteiger partial charge is 0.242 e. The second-order valence-corrected chi connectivity index (χ2v) is 5.01. The molecular weight excluding hydrogens is 250 g/mol. The monoisotopic (exact) mass is 267 g/mol. The molecule has 4 nitrogen and oxygen atoms in total. The molecule has 5 heteroatoms. The predicted molar refractivity (Wildman–Crippen MR) is 73.9 cm³/mol. The number of nitrogens with zero attached hydrogens (tertiary/aromatic N) is 1. The number of piperazine rings is 1. The maximum absolute atomic E-state index is 11.9. The molecule has 0 aliphatic carbocycles. The lowest BCUT2D eigenvalue weighted by Gasteiger charge is -2.41. The number of amides is 1. The molecule has 1 aromatic carbocycles. The highest BCUT2D eigenvalue weighted by Crippen LogP contribution is 2.25. The van der Waals surface area contributed by atoms with E-state index in [4.69, 9.17) is 17.3 Å². The van der Waals surface area contributed by atoms with Crippen LogP contribution in [-0.4, -0.2) is 31.1 Å². The predicted octanol–water partition coefficient (Wildman–Crippen LogP) is 1.38. The second-order valence-electron chi connectivity index (χ2n) is 4.57. The van der Waals surface area contributed by atoms with Gasteiger partial charge in [0.05, 0.1) is 0 Å². The molecule has 1 aliphatic heterocycles. The van der Waals surface area contributed by atoms with Crippen molar-refractivity contribution in [1.29, 1.82) is 0 Å². The summed E-state index contributed by atoms with van der Waals surface area (Å²) in [6.07, 6.45) is 0.652. The van der Waals surface area contributed by atoms with Gasteiger partial charge >= 0.3 is 0 Å². The summed E-state index contributed by atoms with van der Waals surface area (Å²) < 4.78 is 0. The molecule has 0 saturated carbocycles. The molecule has 1 aromatic rings. The third-order valence-electron chi connectivity index (χ3n) is 3.25. The van der Waals surface area contributed by atoms with E-state index in [1.165, 1.54) is 0 Å². The number of nitrogens with one attached hydrogen (secondary N) is 1. The molecule has 1 fully saturated rings. The first-order chi connectivity index (χ1) is 8.63. The van der Waals surface area contributed by atoms with Gasteiger partial charge in [-0.2, -0.15) is 0 Å². The lowest BCUT2D eigenvalue weighted by molar-refractivity contribution is -0.123. The van der Waals surface area contributed by atoms with Crippen molar-refractivity contribution in [2.24, 2.45) is 5.73 Å². The molecule has 0 bridgehead atoms. The van der Waals surface area contributed by atoms with E-state index in [1.807, 2.05) is 24.3 Å². The van der Waals surface area contributed by atoms with Crippen molar-refractivity contribution in [1.82, 2.24) is 5.32 Å². The van der Waals surface area contributed by atoms with Crippen LogP contribution < -0.4 is 16.0 Å². The van der Waals surface area contributed by atoms with E-state index < -0.39 is 0 Å². The Morgan fingerprint density at radius 3 is 2.72 bits per heavy atom. The fourth-order valence-electron chi connectivity index (χ4n) is 2.37. The van der Waals surface area contributed by atoms with Crippen LogP contribution >= 0.6 is 11.6 Å². The van der Waals surface area contributed by atoms with Gasteiger partial charge in [-0.25, -0.2) is 0 Å². The maximum atomic E-state index is 11.9. The minimum Gasteiger partial charge on any atom is -0.355 e. The third kappa shape index (κ3) is 2.60.